The average molecular weight is 402 g/mol. The lowest BCUT2D eigenvalue weighted by Crippen LogP contribution is -1.70. The van der Waals surface area contributed by atoms with Crippen molar-refractivity contribution in [2.24, 2.45) is 0 Å². The minimum atomic E-state index is 0.385. The smallest absolute Gasteiger partial charge is 0.125 e. The van der Waals surface area contributed by atoms with Crippen molar-refractivity contribution in [2.45, 2.75) is 0 Å². The molecule has 0 aliphatic carbocycles. The van der Waals surface area contributed by atoms with Gasteiger partial charge in [0.05, 0.1) is 2.88 Å². The normalized spacial score (nSPS) is 10.8. The fourth-order valence-electron chi connectivity index (χ4n) is 1.06. The lowest BCUT2D eigenvalue weighted by atomic mass is 10.2. The second kappa shape index (κ2) is 3.30. The molecule has 0 aliphatic rings. The van der Waals surface area contributed by atoms with Crippen LogP contribution in [0.2, 0.25) is 0 Å². The summed E-state index contributed by atoms with van der Waals surface area (Å²) in [6.45, 7) is 0. The number of fused-ring (bicyclic) bond motifs is 1. The van der Waals surface area contributed by atoms with Crippen molar-refractivity contribution in [3.05, 3.63) is 24.7 Å². The first kappa shape index (κ1) is 9.01. The zero-order chi connectivity index (χ0) is 8.72. The van der Waals surface area contributed by atoms with E-state index in [0.717, 1.165) is 13.7 Å². The van der Waals surface area contributed by atoms with Gasteiger partial charge in [-0.05, 0) is 63.4 Å². The molecule has 0 saturated heterocycles. The monoisotopic (exact) mass is 402 g/mol. The number of rotatable bonds is 0. The van der Waals surface area contributed by atoms with Crippen LogP contribution in [0.4, 0.5) is 0 Å². The number of hydrogen-bond acceptors (Lipinski definition) is 2. The number of phenolic OH excluding ortho intramolecular Hbond substituents is 1. The summed E-state index contributed by atoms with van der Waals surface area (Å²) in [6.07, 6.45) is 0. The van der Waals surface area contributed by atoms with E-state index in [1.807, 2.05) is 6.07 Å². The molecule has 0 unspecified atom stereocenters. The Morgan fingerprint density at radius 2 is 1.92 bits per heavy atom. The van der Waals surface area contributed by atoms with Crippen molar-refractivity contribution in [1.29, 1.82) is 0 Å². The van der Waals surface area contributed by atoms with E-state index in [1.54, 1.807) is 17.4 Å². The van der Waals surface area contributed by atoms with Gasteiger partial charge in [-0.1, -0.05) is 0 Å². The number of thiophene rings is 1. The molecule has 0 bridgehead atoms. The minimum Gasteiger partial charge on any atom is -0.507 e. The first-order chi connectivity index (χ1) is 5.66. The second-order valence-electron chi connectivity index (χ2n) is 2.39. The van der Waals surface area contributed by atoms with E-state index in [0.29, 0.717) is 5.75 Å². The molecule has 0 aliphatic heterocycles. The second-order valence-corrected chi connectivity index (χ2v) is 6.61. The highest BCUT2D eigenvalue weighted by Gasteiger charge is 2.04. The quantitative estimate of drug-likeness (QED) is 0.665. The number of hydrogen-bond donors (Lipinski definition) is 1. The maximum absolute atomic E-state index is 9.56. The van der Waals surface area contributed by atoms with Crippen LogP contribution in [0.5, 0.6) is 5.75 Å². The van der Waals surface area contributed by atoms with Crippen LogP contribution in [0.3, 0.4) is 0 Å². The Balaban J connectivity index is 2.88. The molecule has 0 fully saturated rings. The van der Waals surface area contributed by atoms with Gasteiger partial charge in [0, 0.05) is 13.7 Å². The number of aromatic hydroxyl groups is 1. The van der Waals surface area contributed by atoms with Crippen molar-refractivity contribution in [2.75, 3.05) is 0 Å². The molecular weight excluding hydrogens is 398 g/mol. The zero-order valence-corrected chi connectivity index (χ0v) is 11.0. The summed E-state index contributed by atoms with van der Waals surface area (Å²) in [4.78, 5) is 0. The summed E-state index contributed by atoms with van der Waals surface area (Å²) in [5.74, 6) is 0.385. The van der Waals surface area contributed by atoms with Crippen LogP contribution in [-0.2, 0) is 0 Å². The Morgan fingerprint density at radius 1 is 1.17 bits per heavy atom. The lowest BCUT2D eigenvalue weighted by molar-refractivity contribution is 0.481. The Bertz CT molecular complexity index is 436. The fraction of sp³-hybridized carbons (Fsp3) is 0. The van der Waals surface area contributed by atoms with Crippen LogP contribution in [-0.4, -0.2) is 5.11 Å². The summed E-state index contributed by atoms with van der Waals surface area (Å²) < 4.78 is 3.44. The molecule has 4 heteroatoms. The van der Waals surface area contributed by atoms with Gasteiger partial charge in [-0.15, -0.1) is 11.3 Å². The first-order valence-electron chi connectivity index (χ1n) is 3.24. The number of phenols is 1. The molecule has 0 saturated carbocycles. The van der Waals surface area contributed by atoms with Crippen LogP contribution >= 0.6 is 56.5 Å². The molecule has 0 atom stereocenters. The summed E-state index contributed by atoms with van der Waals surface area (Å²) in [7, 11) is 0. The van der Waals surface area contributed by atoms with E-state index in [1.165, 1.54) is 2.88 Å². The fourth-order valence-corrected chi connectivity index (χ4v) is 3.74. The predicted octanol–water partition coefficient (Wildman–Crippen LogP) is 3.82. The molecule has 2 aromatic rings. The molecule has 62 valence electrons. The van der Waals surface area contributed by atoms with E-state index in [2.05, 4.69) is 51.2 Å². The molecule has 1 N–H and O–H groups in total. The number of halogens is 2. The Hall–Kier alpha value is 0.440. The third-order valence-corrected chi connectivity index (χ3v) is 4.02. The van der Waals surface area contributed by atoms with E-state index in [9.17, 15) is 5.11 Å². The van der Waals surface area contributed by atoms with Gasteiger partial charge in [0.2, 0.25) is 0 Å². The Labute approximate surface area is 101 Å². The van der Waals surface area contributed by atoms with Gasteiger partial charge in [-0.2, -0.15) is 0 Å². The summed E-state index contributed by atoms with van der Waals surface area (Å²) >= 11 is 6.18. The molecule has 0 spiro atoms. The van der Waals surface area contributed by atoms with Gasteiger partial charge in [-0.25, -0.2) is 0 Å². The van der Waals surface area contributed by atoms with Crippen LogP contribution in [0.1, 0.15) is 0 Å². The van der Waals surface area contributed by atoms with Gasteiger partial charge in [0.15, 0.2) is 0 Å². The van der Waals surface area contributed by atoms with Crippen LogP contribution in [0, 0.1) is 6.45 Å². The number of benzene rings is 1. The Kier molecular flexibility index (Phi) is 2.48. The van der Waals surface area contributed by atoms with Crippen LogP contribution in [0.15, 0.2) is 18.2 Å². The third-order valence-electron chi connectivity index (χ3n) is 1.55. The molecule has 2 rings (SSSR count). The molecular formula is C8H4I2OS. The molecule has 1 aromatic carbocycles. The van der Waals surface area contributed by atoms with Crippen molar-refractivity contribution >= 4 is 66.6 Å². The van der Waals surface area contributed by atoms with Gasteiger partial charge in [-0.3, -0.25) is 0 Å². The SMILES string of the molecule is Oc1cc(I)cc2sc(I)cc12. The van der Waals surface area contributed by atoms with Gasteiger partial charge >= 0.3 is 0 Å². The van der Waals surface area contributed by atoms with E-state index in [4.69, 9.17) is 0 Å². The average Bonchev–Trinajstić information content (AvgIpc) is 2.29. The highest BCUT2D eigenvalue weighted by atomic mass is 127. The molecule has 0 radical (unpaired) electrons. The molecule has 1 heterocycles. The first-order valence-corrected chi connectivity index (χ1v) is 6.22. The van der Waals surface area contributed by atoms with Gasteiger partial charge < -0.3 is 5.11 Å². The summed E-state index contributed by atoms with van der Waals surface area (Å²) in [6, 6.07) is 5.88. The van der Waals surface area contributed by atoms with E-state index >= 15 is 0 Å². The van der Waals surface area contributed by atoms with Crippen LogP contribution in [0.25, 0.3) is 10.1 Å². The van der Waals surface area contributed by atoms with Gasteiger partial charge in [0.25, 0.3) is 0 Å². The standard InChI is InChI=1S/C8H4I2OS/c9-4-1-6(11)5-3-8(10)12-7(5)2-4/h1-3,11H. The van der Waals surface area contributed by atoms with E-state index < -0.39 is 0 Å². The molecule has 1 aromatic heterocycles. The largest absolute Gasteiger partial charge is 0.507 e. The summed E-state index contributed by atoms with van der Waals surface area (Å²) in [5, 5.41) is 10.5. The van der Waals surface area contributed by atoms with Crippen molar-refractivity contribution in [3.8, 4) is 5.75 Å². The maximum atomic E-state index is 9.56. The maximum Gasteiger partial charge on any atom is 0.125 e. The lowest BCUT2D eigenvalue weighted by Gasteiger charge is -1.94. The minimum absolute atomic E-state index is 0.385. The molecule has 12 heavy (non-hydrogen) atoms. The zero-order valence-electron chi connectivity index (χ0n) is 5.84. The van der Waals surface area contributed by atoms with Gasteiger partial charge in [0.1, 0.15) is 5.75 Å². The van der Waals surface area contributed by atoms with Crippen molar-refractivity contribution < 1.29 is 5.11 Å². The van der Waals surface area contributed by atoms with Crippen LogP contribution < -0.4 is 0 Å². The van der Waals surface area contributed by atoms with Crippen molar-refractivity contribution in [3.63, 3.8) is 0 Å². The highest BCUT2D eigenvalue weighted by molar-refractivity contribution is 14.1. The Morgan fingerprint density at radius 3 is 2.67 bits per heavy atom. The summed E-state index contributed by atoms with van der Waals surface area (Å²) in [5.41, 5.74) is 0. The van der Waals surface area contributed by atoms with Crippen molar-refractivity contribution in [1.82, 2.24) is 0 Å². The third kappa shape index (κ3) is 1.56. The van der Waals surface area contributed by atoms with E-state index in [-0.39, 0.29) is 0 Å². The molecule has 0 amide bonds. The topological polar surface area (TPSA) is 20.2 Å². The highest BCUT2D eigenvalue weighted by Crippen LogP contribution is 2.34. The molecule has 1 nitrogen and oxygen atoms in total. The predicted molar refractivity (Wildman–Crippen MR) is 68.9 cm³/mol.